The molecule has 1 amide bonds. The lowest BCUT2D eigenvalue weighted by atomic mass is 9.78. The zero-order valence-electron chi connectivity index (χ0n) is 17.8. The van der Waals surface area contributed by atoms with Gasteiger partial charge >= 0.3 is 0 Å². The van der Waals surface area contributed by atoms with Gasteiger partial charge in [-0.2, -0.15) is 4.52 Å². The first-order valence-corrected chi connectivity index (χ1v) is 11.2. The highest BCUT2D eigenvalue weighted by Crippen LogP contribution is 2.43. The molecular weight excluding hydrogens is 414 g/mol. The normalized spacial score (nSPS) is 18.9. The van der Waals surface area contributed by atoms with Crippen LogP contribution in [0.3, 0.4) is 0 Å². The molecular formula is C23H26F2N6O. The number of anilines is 1. The molecule has 32 heavy (non-hydrogen) atoms. The van der Waals surface area contributed by atoms with Crippen LogP contribution in [-0.4, -0.2) is 45.4 Å². The minimum atomic E-state index is -0.663. The minimum absolute atomic E-state index is 0.0325. The fraction of sp³-hybridized carbons (Fsp3) is 0.478. The van der Waals surface area contributed by atoms with Gasteiger partial charge in [0.25, 0.3) is 0 Å². The summed E-state index contributed by atoms with van der Waals surface area (Å²) in [5, 5.41) is 15.4. The van der Waals surface area contributed by atoms with Crippen LogP contribution in [0.1, 0.15) is 44.1 Å². The molecule has 0 atom stereocenters. The summed E-state index contributed by atoms with van der Waals surface area (Å²) in [6, 6.07) is 7.79. The second kappa shape index (κ2) is 8.44. The van der Waals surface area contributed by atoms with E-state index < -0.39 is 17.0 Å². The average Bonchev–Trinajstić information content (AvgIpc) is 3.47. The van der Waals surface area contributed by atoms with E-state index in [1.54, 1.807) is 10.8 Å². The fourth-order valence-corrected chi connectivity index (χ4v) is 5.23. The van der Waals surface area contributed by atoms with Crippen LogP contribution in [0.25, 0.3) is 5.65 Å². The van der Waals surface area contributed by atoms with Crippen LogP contribution in [0.4, 0.5) is 14.6 Å². The number of carbonyl (C=O) groups excluding carboxylic acids is 1. The second-order valence-corrected chi connectivity index (χ2v) is 8.89. The van der Waals surface area contributed by atoms with Crippen molar-refractivity contribution in [3.63, 3.8) is 0 Å². The number of aromatic nitrogens is 4. The SMILES string of the molecule is O=C(NCC1(c2c(F)cccc2F)CCCC1)C1CCN(c2ccc3nncn3n2)CC1. The van der Waals surface area contributed by atoms with Crippen LogP contribution in [0.5, 0.6) is 0 Å². The molecule has 7 nitrogen and oxygen atoms in total. The number of piperidine rings is 1. The summed E-state index contributed by atoms with van der Waals surface area (Å²) in [6.45, 7) is 1.70. The Morgan fingerprint density at radius 1 is 1.09 bits per heavy atom. The summed E-state index contributed by atoms with van der Waals surface area (Å²) >= 11 is 0. The Kier molecular flexibility index (Phi) is 5.48. The molecule has 1 saturated carbocycles. The average molecular weight is 440 g/mol. The predicted octanol–water partition coefficient (Wildman–Crippen LogP) is 3.25. The monoisotopic (exact) mass is 440 g/mol. The molecule has 3 aromatic rings. The number of halogens is 2. The van der Waals surface area contributed by atoms with Gasteiger partial charge in [-0.05, 0) is 49.9 Å². The first-order chi connectivity index (χ1) is 15.6. The third kappa shape index (κ3) is 3.80. The van der Waals surface area contributed by atoms with Crippen molar-refractivity contribution >= 4 is 17.4 Å². The molecule has 5 rings (SSSR count). The molecule has 1 aromatic carbocycles. The minimum Gasteiger partial charge on any atom is -0.355 e. The third-order valence-corrected chi connectivity index (χ3v) is 6.99. The van der Waals surface area contributed by atoms with Gasteiger partial charge in [0.2, 0.25) is 5.91 Å². The van der Waals surface area contributed by atoms with Crippen molar-refractivity contribution in [3.8, 4) is 0 Å². The molecule has 0 spiro atoms. The Labute approximate surface area is 184 Å². The van der Waals surface area contributed by atoms with Crippen LogP contribution in [0.2, 0.25) is 0 Å². The fourth-order valence-electron chi connectivity index (χ4n) is 5.23. The van der Waals surface area contributed by atoms with E-state index in [1.165, 1.54) is 18.2 Å². The summed E-state index contributed by atoms with van der Waals surface area (Å²) in [5.41, 5.74) is 0.155. The molecule has 9 heteroatoms. The molecule has 0 radical (unpaired) electrons. The highest BCUT2D eigenvalue weighted by molar-refractivity contribution is 5.79. The van der Waals surface area contributed by atoms with Crippen LogP contribution in [-0.2, 0) is 10.2 Å². The van der Waals surface area contributed by atoms with Crippen molar-refractivity contribution in [1.29, 1.82) is 0 Å². The van der Waals surface area contributed by atoms with Crippen LogP contribution in [0, 0.1) is 17.6 Å². The number of nitrogens with zero attached hydrogens (tertiary/aromatic N) is 5. The highest BCUT2D eigenvalue weighted by Gasteiger charge is 2.40. The van der Waals surface area contributed by atoms with Gasteiger partial charge in [-0.25, -0.2) is 8.78 Å². The molecule has 1 aliphatic carbocycles. The van der Waals surface area contributed by atoms with Gasteiger partial charge in [-0.15, -0.1) is 15.3 Å². The predicted molar refractivity (Wildman–Crippen MR) is 115 cm³/mol. The maximum Gasteiger partial charge on any atom is 0.223 e. The van der Waals surface area contributed by atoms with E-state index in [-0.39, 0.29) is 23.9 Å². The molecule has 1 N–H and O–H groups in total. The number of hydrogen-bond donors (Lipinski definition) is 1. The zero-order chi connectivity index (χ0) is 22.1. The molecule has 0 bridgehead atoms. The zero-order valence-corrected chi connectivity index (χ0v) is 17.8. The number of rotatable bonds is 5. The van der Waals surface area contributed by atoms with Gasteiger partial charge in [-0.1, -0.05) is 18.9 Å². The first kappa shape index (κ1) is 20.8. The molecule has 2 fully saturated rings. The van der Waals surface area contributed by atoms with Gasteiger partial charge in [0.15, 0.2) is 5.65 Å². The number of hydrogen-bond acceptors (Lipinski definition) is 5. The third-order valence-electron chi connectivity index (χ3n) is 6.99. The van der Waals surface area contributed by atoms with E-state index in [4.69, 9.17) is 0 Å². The quantitative estimate of drug-likeness (QED) is 0.659. The Bertz CT molecular complexity index is 1100. The number of benzene rings is 1. The number of nitrogens with one attached hydrogen (secondary N) is 1. The van der Waals surface area contributed by atoms with Crippen molar-refractivity contribution < 1.29 is 13.6 Å². The van der Waals surface area contributed by atoms with Crippen LogP contribution < -0.4 is 10.2 Å². The van der Waals surface area contributed by atoms with Gasteiger partial charge < -0.3 is 10.2 Å². The topological polar surface area (TPSA) is 75.4 Å². The molecule has 2 aromatic heterocycles. The van der Waals surface area contributed by atoms with E-state index in [9.17, 15) is 13.6 Å². The summed E-state index contributed by atoms with van der Waals surface area (Å²) in [5.74, 6) is -0.362. The summed E-state index contributed by atoms with van der Waals surface area (Å²) in [4.78, 5) is 15.1. The van der Waals surface area contributed by atoms with E-state index in [2.05, 4.69) is 25.5 Å². The molecule has 3 heterocycles. The first-order valence-electron chi connectivity index (χ1n) is 11.2. The largest absolute Gasteiger partial charge is 0.355 e. The Morgan fingerprint density at radius 3 is 2.53 bits per heavy atom. The standard InChI is InChI=1S/C23H26F2N6O/c24-17-4-3-5-18(25)21(17)23(10-1-2-11-23)14-26-22(32)16-8-12-30(13-9-16)20-7-6-19-28-27-15-31(19)29-20/h3-7,15-16H,1-2,8-14H2,(H,26,32). The summed E-state index contributed by atoms with van der Waals surface area (Å²) < 4.78 is 30.7. The van der Waals surface area contributed by atoms with E-state index in [1.807, 2.05) is 12.1 Å². The van der Waals surface area contributed by atoms with Gasteiger partial charge in [0, 0.05) is 36.5 Å². The maximum atomic E-state index is 14.5. The Hall–Kier alpha value is -3.10. The lowest BCUT2D eigenvalue weighted by molar-refractivity contribution is -0.125. The van der Waals surface area contributed by atoms with Crippen molar-refractivity contribution in [1.82, 2.24) is 25.1 Å². The summed E-state index contributed by atoms with van der Waals surface area (Å²) in [7, 11) is 0. The van der Waals surface area contributed by atoms with Crippen molar-refractivity contribution in [2.24, 2.45) is 5.92 Å². The highest BCUT2D eigenvalue weighted by atomic mass is 19.1. The number of carbonyl (C=O) groups is 1. The van der Waals surface area contributed by atoms with E-state index >= 15 is 0 Å². The van der Waals surface area contributed by atoms with Gasteiger partial charge in [-0.3, -0.25) is 4.79 Å². The lowest BCUT2D eigenvalue weighted by Crippen LogP contribution is -2.45. The number of amides is 1. The summed E-state index contributed by atoms with van der Waals surface area (Å²) in [6.07, 6.45) is 6.15. The van der Waals surface area contributed by atoms with Crippen molar-refractivity contribution in [2.45, 2.75) is 43.9 Å². The second-order valence-electron chi connectivity index (χ2n) is 8.89. The van der Waals surface area contributed by atoms with Crippen LogP contribution in [0.15, 0.2) is 36.7 Å². The maximum absolute atomic E-state index is 14.5. The lowest BCUT2D eigenvalue weighted by Gasteiger charge is -2.34. The smallest absolute Gasteiger partial charge is 0.223 e. The Balaban J connectivity index is 1.22. The van der Waals surface area contributed by atoms with Gasteiger partial charge in [0.1, 0.15) is 23.8 Å². The molecule has 0 unspecified atom stereocenters. The van der Waals surface area contributed by atoms with Gasteiger partial charge in [0.05, 0.1) is 0 Å². The van der Waals surface area contributed by atoms with E-state index in [0.29, 0.717) is 44.4 Å². The molecule has 168 valence electrons. The molecule has 2 aliphatic rings. The molecule has 1 aliphatic heterocycles. The Morgan fingerprint density at radius 2 is 1.81 bits per heavy atom. The number of fused-ring (bicyclic) bond motifs is 1. The van der Waals surface area contributed by atoms with Crippen molar-refractivity contribution in [2.75, 3.05) is 24.5 Å². The van der Waals surface area contributed by atoms with Crippen LogP contribution >= 0.6 is 0 Å². The van der Waals surface area contributed by atoms with Crippen molar-refractivity contribution in [3.05, 3.63) is 53.9 Å². The molecule has 1 saturated heterocycles. The van der Waals surface area contributed by atoms with E-state index in [0.717, 1.165) is 18.7 Å².